The fraction of sp³-hybridized carbons (Fsp3) is 0.538. The van der Waals surface area contributed by atoms with Gasteiger partial charge in [-0.2, -0.15) is 0 Å². The van der Waals surface area contributed by atoms with Crippen LogP contribution >= 0.6 is 15.9 Å². The molecular weight excluding hydrogens is 266 g/mol. The SMILES string of the molecule is CNCCOc1ccc(Br)cc1C(C)(C)C. The Labute approximate surface area is 107 Å². The van der Waals surface area contributed by atoms with E-state index < -0.39 is 0 Å². The third-order valence-electron chi connectivity index (χ3n) is 2.36. The fourth-order valence-corrected chi connectivity index (χ4v) is 1.84. The van der Waals surface area contributed by atoms with Crippen molar-refractivity contribution in [2.45, 2.75) is 26.2 Å². The van der Waals surface area contributed by atoms with Gasteiger partial charge in [0.15, 0.2) is 0 Å². The van der Waals surface area contributed by atoms with E-state index in [9.17, 15) is 0 Å². The standard InChI is InChI=1S/C13H20BrNO/c1-13(2,3)11-9-10(14)5-6-12(11)16-8-7-15-4/h5-6,9,15H,7-8H2,1-4H3. The molecule has 0 spiro atoms. The summed E-state index contributed by atoms with van der Waals surface area (Å²) in [4.78, 5) is 0. The van der Waals surface area contributed by atoms with E-state index in [1.54, 1.807) is 0 Å². The average Bonchev–Trinajstić information content (AvgIpc) is 2.19. The topological polar surface area (TPSA) is 21.3 Å². The Balaban J connectivity index is 2.90. The summed E-state index contributed by atoms with van der Waals surface area (Å²) in [6.45, 7) is 8.14. The van der Waals surface area contributed by atoms with E-state index in [1.165, 1.54) is 5.56 Å². The van der Waals surface area contributed by atoms with Crippen molar-refractivity contribution in [1.82, 2.24) is 5.32 Å². The molecule has 0 unspecified atom stereocenters. The van der Waals surface area contributed by atoms with Gasteiger partial charge < -0.3 is 10.1 Å². The number of likely N-dealkylation sites (N-methyl/N-ethyl adjacent to an activating group) is 1. The highest BCUT2D eigenvalue weighted by atomic mass is 79.9. The molecule has 3 heteroatoms. The molecule has 0 radical (unpaired) electrons. The molecule has 0 heterocycles. The maximum absolute atomic E-state index is 5.78. The summed E-state index contributed by atoms with van der Waals surface area (Å²) in [5.74, 6) is 0.978. The minimum atomic E-state index is 0.0960. The monoisotopic (exact) mass is 285 g/mol. The minimum Gasteiger partial charge on any atom is -0.492 e. The Bertz CT molecular complexity index is 344. The van der Waals surface area contributed by atoms with Gasteiger partial charge in [0.1, 0.15) is 12.4 Å². The molecule has 1 aromatic carbocycles. The van der Waals surface area contributed by atoms with Gasteiger partial charge in [-0.25, -0.2) is 0 Å². The van der Waals surface area contributed by atoms with Crippen molar-refractivity contribution in [3.05, 3.63) is 28.2 Å². The van der Waals surface area contributed by atoms with Crippen molar-refractivity contribution in [2.24, 2.45) is 0 Å². The van der Waals surface area contributed by atoms with Crippen molar-refractivity contribution in [2.75, 3.05) is 20.2 Å². The van der Waals surface area contributed by atoms with E-state index >= 15 is 0 Å². The number of hydrogen-bond acceptors (Lipinski definition) is 2. The van der Waals surface area contributed by atoms with Crippen LogP contribution < -0.4 is 10.1 Å². The third kappa shape index (κ3) is 3.80. The van der Waals surface area contributed by atoms with Gasteiger partial charge in [0.05, 0.1) is 0 Å². The average molecular weight is 286 g/mol. The zero-order valence-corrected chi connectivity index (χ0v) is 12.0. The Kier molecular flexibility index (Phi) is 4.81. The fourth-order valence-electron chi connectivity index (χ4n) is 1.48. The molecule has 16 heavy (non-hydrogen) atoms. The summed E-state index contributed by atoms with van der Waals surface area (Å²) < 4.78 is 6.87. The summed E-state index contributed by atoms with van der Waals surface area (Å²) in [5.41, 5.74) is 1.33. The van der Waals surface area contributed by atoms with E-state index in [-0.39, 0.29) is 5.41 Å². The molecule has 2 nitrogen and oxygen atoms in total. The normalized spacial score (nSPS) is 11.6. The van der Waals surface area contributed by atoms with E-state index in [2.05, 4.69) is 48.1 Å². The number of benzene rings is 1. The van der Waals surface area contributed by atoms with E-state index in [4.69, 9.17) is 4.74 Å². The van der Waals surface area contributed by atoms with Gasteiger partial charge in [0.2, 0.25) is 0 Å². The molecule has 1 N–H and O–H groups in total. The van der Waals surface area contributed by atoms with Crippen LogP contribution in [0.25, 0.3) is 0 Å². The predicted molar refractivity (Wildman–Crippen MR) is 72.3 cm³/mol. The second-order valence-corrected chi connectivity index (χ2v) is 5.76. The van der Waals surface area contributed by atoms with Gasteiger partial charge in [-0.05, 0) is 30.7 Å². The van der Waals surface area contributed by atoms with Gasteiger partial charge in [0.25, 0.3) is 0 Å². The third-order valence-corrected chi connectivity index (χ3v) is 2.85. The van der Waals surface area contributed by atoms with Gasteiger partial charge in [-0.15, -0.1) is 0 Å². The van der Waals surface area contributed by atoms with Gasteiger partial charge >= 0.3 is 0 Å². The van der Waals surface area contributed by atoms with Crippen LogP contribution in [-0.2, 0) is 5.41 Å². The highest BCUT2D eigenvalue weighted by molar-refractivity contribution is 9.10. The zero-order valence-electron chi connectivity index (χ0n) is 10.4. The lowest BCUT2D eigenvalue weighted by Gasteiger charge is -2.23. The Morgan fingerprint density at radius 1 is 1.31 bits per heavy atom. The lowest BCUT2D eigenvalue weighted by molar-refractivity contribution is 0.309. The first-order valence-corrected chi connectivity index (χ1v) is 6.32. The highest BCUT2D eigenvalue weighted by Gasteiger charge is 2.19. The van der Waals surface area contributed by atoms with Gasteiger partial charge in [-0.3, -0.25) is 0 Å². The summed E-state index contributed by atoms with van der Waals surface area (Å²) in [6, 6.07) is 6.18. The van der Waals surface area contributed by atoms with Crippen LogP contribution in [0.1, 0.15) is 26.3 Å². The molecule has 0 aliphatic carbocycles. The molecule has 1 rings (SSSR count). The Morgan fingerprint density at radius 3 is 2.56 bits per heavy atom. The summed E-state index contributed by atoms with van der Waals surface area (Å²) in [7, 11) is 1.93. The van der Waals surface area contributed by atoms with Crippen LogP contribution in [0.3, 0.4) is 0 Å². The minimum absolute atomic E-state index is 0.0960. The van der Waals surface area contributed by atoms with Crippen molar-refractivity contribution >= 4 is 15.9 Å². The number of hydrogen-bond donors (Lipinski definition) is 1. The molecule has 0 aromatic heterocycles. The zero-order chi connectivity index (χ0) is 12.2. The maximum atomic E-state index is 5.78. The Morgan fingerprint density at radius 2 is 2.00 bits per heavy atom. The van der Waals surface area contributed by atoms with Crippen LogP contribution in [0.5, 0.6) is 5.75 Å². The molecule has 0 saturated heterocycles. The maximum Gasteiger partial charge on any atom is 0.123 e. The number of nitrogens with one attached hydrogen (secondary N) is 1. The smallest absolute Gasteiger partial charge is 0.123 e. The second kappa shape index (κ2) is 5.69. The van der Waals surface area contributed by atoms with Crippen LogP contribution in [0.15, 0.2) is 22.7 Å². The summed E-state index contributed by atoms with van der Waals surface area (Å²) >= 11 is 3.50. The van der Waals surface area contributed by atoms with Crippen molar-refractivity contribution in [1.29, 1.82) is 0 Å². The van der Waals surface area contributed by atoms with Crippen molar-refractivity contribution in [3.8, 4) is 5.75 Å². The largest absolute Gasteiger partial charge is 0.492 e. The molecule has 0 amide bonds. The van der Waals surface area contributed by atoms with Crippen LogP contribution in [-0.4, -0.2) is 20.2 Å². The molecule has 0 atom stereocenters. The summed E-state index contributed by atoms with van der Waals surface area (Å²) in [5, 5.41) is 3.07. The second-order valence-electron chi connectivity index (χ2n) is 4.84. The molecule has 0 aliphatic rings. The van der Waals surface area contributed by atoms with E-state index in [0.717, 1.165) is 16.8 Å². The highest BCUT2D eigenvalue weighted by Crippen LogP contribution is 2.33. The lowest BCUT2D eigenvalue weighted by atomic mass is 9.86. The molecule has 0 bridgehead atoms. The molecule has 0 saturated carbocycles. The Hall–Kier alpha value is -0.540. The van der Waals surface area contributed by atoms with Crippen molar-refractivity contribution < 1.29 is 4.74 Å². The molecule has 1 aromatic rings. The van der Waals surface area contributed by atoms with E-state index in [1.807, 2.05) is 19.2 Å². The first kappa shape index (κ1) is 13.5. The number of rotatable bonds is 4. The summed E-state index contributed by atoms with van der Waals surface area (Å²) in [6.07, 6.45) is 0. The van der Waals surface area contributed by atoms with Crippen molar-refractivity contribution in [3.63, 3.8) is 0 Å². The van der Waals surface area contributed by atoms with Crippen LogP contribution in [0.4, 0.5) is 0 Å². The van der Waals surface area contributed by atoms with Crippen LogP contribution in [0.2, 0.25) is 0 Å². The van der Waals surface area contributed by atoms with Gasteiger partial charge in [-0.1, -0.05) is 36.7 Å². The van der Waals surface area contributed by atoms with Crippen LogP contribution in [0, 0.1) is 0 Å². The molecule has 90 valence electrons. The van der Waals surface area contributed by atoms with E-state index in [0.29, 0.717) is 6.61 Å². The number of ether oxygens (including phenoxy) is 1. The lowest BCUT2D eigenvalue weighted by Crippen LogP contribution is -2.18. The predicted octanol–water partition coefficient (Wildman–Crippen LogP) is 3.34. The first-order chi connectivity index (χ1) is 7.45. The molecule has 0 fully saturated rings. The quantitative estimate of drug-likeness (QED) is 0.857. The van der Waals surface area contributed by atoms with Gasteiger partial charge in [0, 0.05) is 16.6 Å². The molecular formula is C13H20BrNO. The number of halogens is 1. The molecule has 0 aliphatic heterocycles. The first-order valence-electron chi connectivity index (χ1n) is 5.52.